The van der Waals surface area contributed by atoms with Crippen LogP contribution in [0, 0.1) is 5.92 Å². The van der Waals surface area contributed by atoms with Gasteiger partial charge >= 0.3 is 0 Å². The summed E-state index contributed by atoms with van der Waals surface area (Å²) in [6, 6.07) is 0. The van der Waals surface area contributed by atoms with Crippen LogP contribution in [0.2, 0.25) is 0 Å². The van der Waals surface area contributed by atoms with E-state index in [1.54, 1.807) is 10.9 Å². The topological polar surface area (TPSA) is 68.8 Å². The van der Waals surface area contributed by atoms with Gasteiger partial charge in [0.2, 0.25) is 11.7 Å². The Bertz CT molecular complexity index is 512. The molecule has 0 radical (unpaired) electrons. The van der Waals surface area contributed by atoms with Crippen LogP contribution in [-0.2, 0) is 13.5 Å². The molecule has 0 amide bonds. The summed E-state index contributed by atoms with van der Waals surface area (Å²) in [7, 11) is 1.87. The van der Waals surface area contributed by atoms with E-state index in [-0.39, 0.29) is 0 Å². The highest BCUT2D eigenvalue weighted by molar-refractivity contribution is 5.50. The summed E-state index contributed by atoms with van der Waals surface area (Å²) in [6.45, 7) is 2.17. The van der Waals surface area contributed by atoms with E-state index in [0.29, 0.717) is 11.7 Å². The van der Waals surface area contributed by atoms with Gasteiger partial charge in [-0.15, -0.1) is 0 Å². The fraction of sp³-hybridized carbons (Fsp3) is 0.583. The molecular weight excluding hydrogens is 230 g/mol. The van der Waals surface area contributed by atoms with Crippen molar-refractivity contribution in [2.45, 2.75) is 19.3 Å². The molecule has 6 nitrogen and oxygen atoms in total. The first-order valence-corrected chi connectivity index (χ1v) is 6.33. The average molecular weight is 247 g/mol. The summed E-state index contributed by atoms with van der Waals surface area (Å²) in [5, 5.41) is 11.5. The number of nitrogens with one attached hydrogen (secondary N) is 1. The molecule has 1 unspecified atom stereocenters. The minimum absolute atomic E-state index is 0.612. The Hall–Kier alpha value is -1.69. The lowest BCUT2D eigenvalue weighted by Crippen LogP contribution is -2.30. The van der Waals surface area contributed by atoms with E-state index in [0.717, 1.165) is 31.0 Å². The van der Waals surface area contributed by atoms with E-state index < -0.39 is 0 Å². The zero-order chi connectivity index (χ0) is 12.4. The molecule has 18 heavy (non-hydrogen) atoms. The second-order valence-corrected chi connectivity index (χ2v) is 4.83. The quantitative estimate of drug-likeness (QED) is 0.876. The van der Waals surface area contributed by atoms with Crippen molar-refractivity contribution in [1.82, 2.24) is 25.2 Å². The molecule has 3 rings (SSSR count). The molecule has 96 valence electrons. The summed E-state index contributed by atoms with van der Waals surface area (Å²) in [6.07, 6.45) is 6.96. The fourth-order valence-electron chi connectivity index (χ4n) is 2.34. The van der Waals surface area contributed by atoms with Crippen LogP contribution in [0.15, 0.2) is 16.9 Å². The van der Waals surface area contributed by atoms with Gasteiger partial charge in [0.25, 0.3) is 0 Å². The number of piperidine rings is 1. The van der Waals surface area contributed by atoms with Gasteiger partial charge in [-0.25, -0.2) is 0 Å². The third-order valence-corrected chi connectivity index (χ3v) is 3.29. The van der Waals surface area contributed by atoms with Crippen LogP contribution in [0.25, 0.3) is 11.4 Å². The van der Waals surface area contributed by atoms with E-state index >= 15 is 0 Å². The minimum Gasteiger partial charge on any atom is -0.339 e. The summed E-state index contributed by atoms with van der Waals surface area (Å²) in [5.41, 5.74) is 0.897. The maximum absolute atomic E-state index is 5.31. The predicted molar refractivity (Wildman–Crippen MR) is 65.8 cm³/mol. The maximum Gasteiger partial charge on any atom is 0.227 e. The van der Waals surface area contributed by atoms with Gasteiger partial charge < -0.3 is 9.84 Å². The lowest BCUT2D eigenvalue weighted by atomic mass is 9.96. The Morgan fingerprint density at radius 3 is 3.22 bits per heavy atom. The second-order valence-electron chi connectivity index (χ2n) is 4.83. The lowest BCUT2D eigenvalue weighted by Gasteiger charge is -2.20. The monoisotopic (exact) mass is 247 g/mol. The highest BCUT2D eigenvalue weighted by atomic mass is 16.5. The largest absolute Gasteiger partial charge is 0.339 e. The van der Waals surface area contributed by atoms with Gasteiger partial charge in [0, 0.05) is 19.7 Å². The van der Waals surface area contributed by atoms with Gasteiger partial charge in [0.15, 0.2) is 0 Å². The Kier molecular flexibility index (Phi) is 3.10. The molecule has 1 aliphatic rings. The first-order chi connectivity index (χ1) is 8.81. The van der Waals surface area contributed by atoms with Crippen molar-refractivity contribution in [3.8, 4) is 11.4 Å². The smallest absolute Gasteiger partial charge is 0.227 e. The minimum atomic E-state index is 0.612. The van der Waals surface area contributed by atoms with Crippen LogP contribution in [0.3, 0.4) is 0 Å². The molecule has 1 saturated heterocycles. The molecule has 6 heteroatoms. The van der Waals surface area contributed by atoms with Gasteiger partial charge in [-0.05, 0) is 31.8 Å². The van der Waals surface area contributed by atoms with Crippen molar-refractivity contribution in [3.63, 3.8) is 0 Å². The van der Waals surface area contributed by atoms with Gasteiger partial charge in [0.05, 0.1) is 11.8 Å². The van der Waals surface area contributed by atoms with Crippen molar-refractivity contribution in [2.24, 2.45) is 13.0 Å². The van der Waals surface area contributed by atoms with Crippen LogP contribution in [0.4, 0.5) is 0 Å². The number of aromatic nitrogens is 4. The fourth-order valence-corrected chi connectivity index (χ4v) is 2.34. The van der Waals surface area contributed by atoms with Crippen LogP contribution < -0.4 is 5.32 Å². The molecule has 0 aromatic carbocycles. The molecule has 0 saturated carbocycles. The molecule has 0 bridgehead atoms. The van der Waals surface area contributed by atoms with E-state index in [1.807, 2.05) is 13.2 Å². The highest BCUT2D eigenvalue weighted by Gasteiger charge is 2.18. The zero-order valence-corrected chi connectivity index (χ0v) is 10.5. The van der Waals surface area contributed by atoms with E-state index in [9.17, 15) is 0 Å². The van der Waals surface area contributed by atoms with Crippen molar-refractivity contribution in [3.05, 3.63) is 18.3 Å². The predicted octanol–water partition coefficient (Wildman–Crippen LogP) is 1.01. The molecule has 1 atom stereocenters. The van der Waals surface area contributed by atoms with Crippen molar-refractivity contribution < 1.29 is 4.52 Å². The summed E-state index contributed by atoms with van der Waals surface area (Å²) >= 11 is 0. The maximum atomic E-state index is 5.31. The Morgan fingerprint density at radius 2 is 2.50 bits per heavy atom. The first kappa shape index (κ1) is 11.4. The van der Waals surface area contributed by atoms with E-state index in [4.69, 9.17) is 4.52 Å². The molecule has 1 N–H and O–H groups in total. The highest BCUT2D eigenvalue weighted by Crippen LogP contribution is 2.18. The number of hydrogen-bond acceptors (Lipinski definition) is 5. The molecule has 0 spiro atoms. The van der Waals surface area contributed by atoms with Crippen LogP contribution in [0.1, 0.15) is 18.7 Å². The van der Waals surface area contributed by atoms with E-state index in [1.165, 1.54) is 12.8 Å². The molecular formula is C12H17N5O. The molecule has 1 fully saturated rings. The molecule has 3 heterocycles. The van der Waals surface area contributed by atoms with Crippen LogP contribution in [-0.4, -0.2) is 33.0 Å². The van der Waals surface area contributed by atoms with E-state index in [2.05, 4.69) is 20.6 Å². The summed E-state index contributed by atoms with van der Waals surface area (Å²) in [5.74, 6) is 1.96. The molecule has 2 aromatic rings. The zero-order valence-electron chi connectivity index (χ0n) is 10.5. The second kappa shape index (κ2) is 4.89. The number of aryl methyl sites for hydroxylation is 1. The Morgan fingerprint density at radius 1 is 1.56 bits per heavy atom. The number of rotatable bonds is 3. The molecule has 2 aromatic heterocycles. The third-order valence-electron chi connectivity index (χ3n) is 3.29. The molecule has 1 aliphatic heterocycles. The standard InChI is InChI=1S/C12H17N5O/c1-17-8-10(7-14-17)12-15-11(18-16-12)5-9-3-2-4-13-6-9/h7-9,13H,2-6H2,1H3. The molecule has 0 aliphatic carbocycles. The Balaban J connectivity index is 1.69. The van der Waals surface area contributed by atoms with Crippen molar-refractivity contribution in [1.29, 1.82) is 0 Å². The van der Waals surface area contributed by atoms with Gasteiger partial charge in [0.1, 0.15) is 0 Å². The Labute approximate surface area is 105 Å². The SMILES string of the molecule is Cn1cc(-c2noc(CC3CCCNC3)n2)cn1. The number of nitrogens with zero attached hydrogens (tertiary/aromatic N) is 4. The summed E-state index contributed by atoms with van der Waals surface area (Å²) in [4.78, 5) is 4.43. The van der Waals surface area contributed by atoms with Crippen molar-refractivity contribution >= 4 is 0 Å². The third kappa shape index (κ3) is 2.43. The lowest BCUT2D eigenvalue weighted by molar-refractivity contribution is 0.316. The summed E-state index contributed by atoms with van der Waals surface area (Å²) < 4.78 is 7.04. The van der Waals surface area contributed by atoms with Crippen LogP contribution in [0.5, 0.6) is 0 Å². The first-order valence-electron chi connectivity index (χ1n) is 6.33. The average Bonchev–Trinajstić information content (AvgIpc) is 2.99. The van der Waals surface area contributed by atoms with Gasteiger partial charge in [-0.3, -0.25) is 4.68 Å². The van der Waals surface area contributed by atoms with Gasteiger partial charge in [-0.2, -0.15) is 10.1 Å². The van der Waals surface area contributed by atoms with Gasteiger partial charge in [-0.1, -0.05) is 5.16 Å². The normalized spacial score (nSPS) is 20.2. The van der Waals surface area contributed by atoms with Crippen LogP contribution >= 0.6 is 0 Å². The van der Waals surface area contributed by atoms with Crippen molar-refractivity contribution in [2.75, 3.05) is 13.1 Å². The number of hydrogen-bond donors (Lipinski definition) is 1.